The topological polar surface area (TPSA) is 49.3 Å². The van der Waals surface area contributed by atoms with E-state index in [9.17, 15) is 9.90 Å². The summed E-state index contributed by atoms with van der Waals surface area (Å²) in [6.45, 7) is 4.15. The Morgan fingerprint density at radius 2 is 1.81 bits per heavy atom. The average Bonchev–Trinajstić information content (AvgIpc) is 2.30. The first kappa shape index (κ1) is 13.5. The number of carbonyl (C=O) groups is 1. The van der Waals surface area contributed by atoms with Crippen molar-refractivity contribution < 1.29 is 9.90 Å². The van der Waals surface area contributed by atoms with Crippen LogP contribution in [0.25, 0.3) is 0 Å². The van der Waals surface area contributed by atoms with Gasteiger partial charge in [0.05, 0.1) is 0 Å². The molecule has 0 aromatic heterocycles. The monoisotopic (exact) mass is 227 g/mol. The third-order valence-electron chi connectivity index (χ3n) is 3.81. The minimum Gasteiger partial charge on any atom is -0.480 e. The summed E-state index contributed by atoms with van der Waals surface area (Å²) in [6.07, 6.45) is 7.95. The normalized spacial score (nSPS) is 19.9. The second-order valence-electron chi connectivity index (χ2n) is 4.89. The highest BCUT2D eigenvalue weighted by molar-refractivity contribution is 5.73. The Morgan fingerprint density at radius 1 is 1.25 bits per heavy atom. The summed E-state index contributed by atoms with van der Waals surface area (Å²) in [7, 11) is 0. The lowest BCUT2D eigenvalue weighted by molar-refractivity contribution is -0.141. The molecule has 16 heavy (non-hydrogen) atoms. The molecular weight excluding hydrogens is 202 g/mol. The van der Waals surface area contributed by atoms with Gasteiger partial charge in [0, 0.05) is 6.04 Å². The van der Waals surface area contributed by atoms with Gasteiger partial charge in [0.25, 0.3) is 0 Å². The van der Waals surface area contributed by atoms with Crippen LogP contribution in [-0.2, 0) is 4.79 Å². The van der Waals surface area contributed by atoms with Crippen molar-refractivity contribution >= 4 is 5.97 Å². The molecule has 3 heteroatoms. The Labute approximate surface area is 98.6 Å². The fraction of sp³-hybridized carbons (Fsp3) is 0.923. The SMILES string of the molecule is CCC(CC)C(NC1CCCCC1)C(=O)O. The first-order valence-corrected chi connectivity index (χ1v) is 6.67. The Morgan fingerprint density at radius 3 is 2.25 bits per heavy atom. The third-order valence-corrected chi connectivity index (χ3v) is 3.81. The smallest absolute Gasteiger partial charge is 0.320 e. The summed E-state index contributed by atoms with van der Waals surface area (Å²) in [5.74, 6) is -0.418. The fourth-order valence-corrected chi connectivity index (χ4v) is 2.69. The predicted octanol–water partition coefficient (Wildman–Crippen LogP) is 2.80. The van der Waals surface area contributed by atoms with Crippen LogP contribution in [0.15, 0.2) is 0 Å². The molecule has 0 heterocycles. The molecule has 0 aromatic carbocycles. The van der Waals surface area contributed by atoms with Crippen molar-refractivity contribution in [1.29, 1.82) is 0 Å². The number of rotatable bonds is 6. The maximum absolute atomic E-state index is 11.3. The van der Waals surface area contributed by atoms with Gasteiger partial charge >= 0.3 is 5.97 Å². The van der Waals surface area contributed by atoms with Crippen molar-refractivity contribution in [2.75, 3.05) is 0 Å². The summed E-state index contributed by atoms with van der Waals surface area (Å²) in [6, 6.07) is 0.0774. The molecular formula is C13H25NO2. The van der Waals surface area contributed by atoms with E-state index < -0.39 is 5.97 Å². The van der Waals surface area contributed by atoms with Gasteiger partial charge < -0.3 is 10.4 Å². The van der Waals surface area contributed by atoms with Crippen LogP contribution in [0.5, 0.6) is 0 Å². The van der Waals surface area contributed by atoms with Crippen molar-refractivity contribution in [3.05, 3.63) is 0 Å². The molecule has 1 fully saturated rings. The van der Waals surface area contributed by atoms with Crippen LogP contribution in [0.1, 0.15) is 58.8 Å². The van der Waals surface area contributed by atoms with Gasteiger partial charge in [-0.3, -0.25) is 4.79 Å². The second kappa shape index (κ2) is 6.89. The number of carboxylic acid groups (broad SMARTS) is 1. The first-order chi connectivity index (χ1) is 7.69. The molecule has 1 aliphatic rings. The van der Waals surface area contributed by atoms with Gasteiger partial charge in [-0.05, 0) is 18.8 Å². The lowest BCUT2D eigenvalue weighted by Crippen LogP contribution is -2.48. The van der Waals surface area contributed by atoms with Crippen LogP contribution >= 0.6 is 0 Å². The Bertz CT molecular complexity index is 208. The lowest BCUT2D eigenvalue weighted by atomic mass is 9.90. The molecule has 1 atom stereocenters. The van der Waals surface area contributed by atoms with E-state index in [0.29, 0.717) is 6.04 Å². The van der Waals surface area contributed by atoms with E-state index in [0.717, 1.165) is 25.7 Å². The quantitative estimate of drug-likeness (QED) is 0.733. The molecule has 2 N–H and O–H groups in total. The highest BCUT2D eigenvalue weighted by Crippen LogP contribution is 2.21. The number of hydrogen-bond donors (Lipinski definition) is 2. The molecule has 94 valence electrons. The number of carboxylic acids is 1. The van der Waals surface area contributed by atoms with Crippen LogP contribution in [0.2, 0.25) is 0 Å². The maximum Gasteiger partial charge on any atom is 0.320 e. The molecule has 3 nitrogen and oxygen atoms in total. The van der Waals surface area contributed by atoms with Crippen LogP contribution in [0.4, 0.5) is 0 Å². The van der Waals surface area contributed by atoms with E-state index in [1.807, 2.05) is 0 Å². The molecule has 0 bridgehead atoms. The molecule has 0 saturated heterocycles. The zero-order valence-corrected chi connectivity index (χ0v) is 10.5. The molecule has 0 aromatic rings. The van der Waals surface area contributed by atoms with Crippen molar-refractivity contribution in [2.24, 2.45) is 5.92 Å². The largest absolute Gasteiger partial charge is 0.480 e. The highest BCUT2D eigenvalue weighted by Gasteiger charge is 2.28. The zero-order valence-electron chi connectivity index (χ0n) is 10.5. The average molecular weight is 227 g/mol. The number of hydrogen-bond acceptors (Lipinski definition) is 2. The van der Waals surface area contributed by atoms with E-state index in [1.165, 1.54) is 19.3 Å². The van der Waals surface area contributed by atoms with Crippen molar-refractivity contribution in [1.82, 2.24) is 5.32 Å². The lowest BCUT2D eigenvalue weighted by Gasteiger charge is -2.30. The summed E-state index contributed by atoms with van der Waals surface area (Å²) in [5, 5.41) is 12.6. The number of aliphatic carboxylic acids is 1. The van der Waals surface area contributed by atoms with E-state index in [-0.39, 0.29) is 12.0 Å². The van der Waals surface area contributed by atoms with Gasteiger partial charge in [-0.2, -0.15) is 0 Å². The van der Waals surface area contributed by atoms with Gasteiger partial charge in [-0.25, -0.2) is 0 Å². The molecule has 0 aliphatic heterocycles. The minimum absolute atomic E-state index is 0.263. The van der Waals surface area contributed by atoms with Crippen molar-refractivity contribution in [3.8, 4) is 0 Å². The van der Waals surface area contributed by atoms with Crippen molar-refractivity contribution in [3.63, 3.8) is 0 Å². The molecule has 1 aliphatic carbocycles. The molecule has 1 saturated carbocycles. The van der Waals surface area contributed by atoms with E-state index in [4.69, 9.17) is 0 Å². The summed E-state index contributed by atoms with van der Waals surface area (Å²) < 4.78 is 0. The summed E-state index contributed by atoms with van der Waals surface area (Å²) in [4.78, 5) is 11.3. The molecule has 0 radical (unpaired) electrons. The molecule has 1 rings (SSSR count). The zero-order chi connectivity index (χ0) is 12.0. The van der Waals surface area contributed by atoms with Crippen LogP contribution in [0.3, 0.4) is 0 Å². The minimum atomic E-state index is -0.681. The van der Waals surface area contributed by atoms with E-state index >= 15 is 0 Å². The molecule has 0 spiro atoms. The Balaban J connectivity index is 2.52. The van der Waals surface area contributed by atoms with Gasteiger partial charge in [0.1, 0.15) is 6.04 Å². The van der Waals surface area contributed by atoms with E-state index in [2.05, 4.69) is 19.2 Å². The Hall–Kier alpha value is -0.570. The van der Waals surface area contributed by atoms with Gasteiger partial charge in [0.15, 0.2) is 0 Å². The number of nitrogens with one attached hydrogen (secondary N) is 1. The van der Waals surface area contributed by atoms with Crippen molar-refractivity contribution in [2.45, 2.75) is 70.9 Å². The summed E-state index contributed by atoms with van der Waals surface area (Å²) >= 11 is 0. The van der Waals surface area contributed by atoms with E-state index in [1.54, 1.807) is 0 Å². The predicted molar refractivity (Wildman–Crippen MR) is 65.5 cm³/mol. The third kappa shape index (κ3) is 3.78. The second-order valence-corrected chi connectivity index (χ2v) is 4.89. The standard InChI is InChI=1S/C13H25NO2/c1-3-10(4-2)12(13(15)16)14-11-8-6-5-7-9-11/h10-12,14H,3-9H2,1-2H3,(H,15,16). The fourth-order valence-electron chi connectivity index (χ4n) is 2.69. The van der Waals surface area contributed by atoms with Crippen LogP contribution < -0.4 is 5.32 Å². The first-order valence-electron chi connectivity index (χ1n) is 6.67. The Kier molecular flexibility index (Phi) is 5.81. The summed E-state index contributed by atoms with van der Waals surface area (Å²) in [5.41, 5.74) is 0. The van der Waals surface area contributed by atoms with Crippen LogP contribution in [0, 0.1) is 5.92 Å². The van der Waals surface area contributed by atoms with Crippen LogP contribution in [-0.4, -0.2) is 23.2 Å². The molecule has 1 unspecified atom stereocenters. The van der Waals surface area contributed by atoms with Gasteiger partial charge in [-0.15, -0.1) is 0 Å². The van der Waals surface area contributed by atoms with Gasteiger partial charge in [-0.1, -0.05) is 46.0 Å². The van der Waals surface area contributed by atoms with Gasteiger partial charge in [0.2, 0.25) is 0 Å². The maximum atomic E-state index is 11.3. The molecule has 0 amide bonds. The highest BCUT2D eigenvalue weighted by atomic mass is 16.4.